The number of nitrogens with zero attached hydrogens (tertiary/aromatic N) is 3. The maximum absolute atomic E-state index is 13.5. The summed E-state index contributed by atoms with van der Waals surface area (Å²) >= 11 is 1.40. The number of hydrogen-bond acceptors (Lipinski definition) is 5. The molecule has 0 saturated heterocycles. The van der Waals surface area contributed by atoms with E-state index in [0.717, 1.165) is 22.4 Å². The smallest absolute Gasteiger partial charge is 0.242 e. The lowest BCUT2D eigenvalue weighted by Gasteiger charge is -2.19. The van der Waals surface area contributed by atoms with E-state index in [4.69, 9.17) is 4.42 Å². The normalized spacial score (nSPS) is 12.2. The standard InChI is InChI=1S/C26H28N4O2S/c1-17(2)16-30-24(22-11-8-14-32-22)28-29-26(30)33-23(20-9-6-5-7-10-20)25(31)27-21-15-18(3)12-13-19(21)4/h5-15,17,23H,16H2,1-4H3,(H,27,31). The zero-order valence-corrected chi connectivity index (χ0v) is 20.1. The van der Waals surface area contributed by atoms with Gasteiger partial charge in [-0.2, -0.15) is 0 Å². The van der Waals surface area contributed by atoms with Gasteiger partial charge < -0.3 is 9.73 Å². The van der Waals surface area contributed by atoms with Gasteiger partial charge in [-0.1, -0.05) is 68.1 Å². The molecule has 0 aliphatic carbocycles. The molecule has 1 atom stereocenters. The van der Waals surface area contributed by atoms with Gasteiger partial charge in [0.2, 0.25) is 5.91 Å². The summed E-state index contributed by atoms with van der Waals surface area (Å²) in [5.74, 6) is 1.59. The van der Waals surface area contributed by atoms with E-state index in [9.17, 15) is 4.79 Å². The van der Waals surface area contributed by atoms with Crippen molar-refractivity contribution in [3.05, 3.63) is 83.6 Å². The molecule has 2 aromatic carbocycles. The fraction of sp³-hybridized carbons (Fsp3) is 0.269. The molecule has 0 bridgehead atoms. The van der Waals surface area contributed by atoms with Crippen LogP contribution in [-0.4, -0.2) is 20.7 Å². The van der Waals surface area contributed by atoms with Crippen molar-refractivity contribution in [3.8, 4) is 11.6 Å². The number of anilines is 1. The Morgan fingerprint density at radius 2 is 1.85 bits per heavy atom. The molecule has 0 aliphatic heterocycles. The summed E-state index contributed by atoms with van der Waals surface area (Å²) in [5, 5.41) is 12.2. The van der Waals surface area contributed by atoms with Gasteiger partial charge in [-0.05, 0) is 54.7 Å². The topological polar surface area (TPSA) is 73.0 Å². The number of rotatable bonds is 8. The van der Waals surface area contributed by atoms with Crippen LogP contribution in [0.1, 0.15) is 35.8 Å². The number of aryl methyl sites for hydroxylation is 2. The van der Waals surface area contributed by atoms with Crippen LogP contribution in [0.4, 0.5) is 5.69 Å². The van der Waals surface area contributed by atoms with E-state index in [-0.39, 0.29) is 5.91 Å². The highest BCUT2D eigenvalue weighted by molar-refractivity contribution is 8.00. The molecule has 0 radical (unpaired) electrons. The molecule has 6 nitrogen and oxygen atoms in total. The lowest BCUT2D eigenvalue weighted by molar-refractivity contribution is -0.115. The quantitative estimate of drug-likeness (QED) is 0.313. The van der Waals surface area contributed by atoms with Gasteiger partial charge in [0, 0.05) is 12.2 Å². The molecule has 0 fully saturated rings. The van der Waals surface area contributed by atoms with Gasteiger partial charge in [0.25, 0.3) is 0 Å². The number of carbonyl (C=O) groups excluding carboxylic acids is 1. The van der Waals surface area contributed by atoms with E-state index in [1.54, 1.807) is 6.26 Å². The largest absolute Gasteiger partial charge is 0.461 e. The van der Waals surface area contributed by atoms with Crippen molar-refractivity contribution in [1.82, 2.24) is 14.8 Å². The third-order valence-corrected chi connectivity index (χ3v) is 6.46. The number of thioether (sulfide) groups is 1. The van der Waals surface area contributed by atoms with Crippen molar-refractivity contribution in [2.75, 3.05) is 5.32 Å². The molecule has 0 aliphatic rings. The summed E-state index contributed by atoms with van der Waals surface area (Å²) in [5.41, 5.74) is 3.85. The van der Waals surface area contributed by atoms with Gasteiger partial charge in [-0.3, -0.25) is 9.36 Å². The van der Waals surface area contributed by atoms with E-state index in [2.05, 4.69) is 29.4 Å². The lowest BCUT2D eigenvalue weighted by Crippen LogP contribution is -2.20. The van der Waals surface area contributed by atoms with E-state index in [0.29, 0.717) is 29.2 Å². The molecule has 33 heavy (non-hydrogen) atoms. The Bertz CT molecular complexity index is 1220. The number of aromatic nitrogens is 3. The van der Waals surface area contributed by atoms with Crippen molar-refractivity contribution in [2.45, 2.75) is 44.6 Å². The number of amides is 1. The van der Waals surface area contributed by atoms with Crippen LogP contribution < -0.4 is 5.32 Å². The van der Waals surface area contributed by atoms with Crippen molar-refractivity contribution in [2.24, 2.45) is 5.92 Å². The average Bonchev–Trinajstić information content (AvgIpc) is 3.45. The summed E-state index contributed by atoms with van der Waals surface area (Å²) < 4.78 is 7.62. The van der Waals surface area contributed by atoms with Gasteiger partial charge in [-0.25, -0.2) is 0 Å². The zero-order valence-electron chi connectivity index (χ0n) is 19.3. The number of nitrogens with one attached hydrogen (secondary N) is 1. The van der Waals surface area contributed by atoms with E-state index < -0.39 is 5.25 Å². The van der Waals surface area contributed by atoms with Crippen molar-refractivity contribution < 1.29 is 9.21 Å². The van der Waals surface area contributed by atoms with E-state index >= 15 is 0 Å². The molecule has 2 aromatic heterocycles. The van der Waals surface area contributed by atoms with Crippen LogP contribution in [0.5, 0.6) is 0 Å². The predicted molar refractivity (Wildman–Crippen MR) is 132 cm³/mol. The highest BCUT2D eigenvalue weighted by atomic mass is 32.2. The third-order valence-electron chi connectivity index (χ3n) is 5.22. The SMILES string of the molecule is Cc1ccc(C)c(NC(=O)C(Sc2nnc(-c3ccco3)n2CC(C)C)c2ccccc2)c1. The molecule has 1 amide bonds. The Balaban J connectivity index is 1.69. The van der Waals surface area contributed by atoms with Crippen LogP contribution in [0.15, 0.2) is 76.5 Å². The summed E-state index contributed by atoms with van der Waals surface area (Å²) in [6.45, 7) is 9.01. The van der Waals surface area contributed by atoms with Crippen LogP contribution in [0.25, 0.3) is 11.6 Å². The van der Waals surface area contributed by atoms with Crippen molar-refractivity contribution in [1.29, 1.82) is 0 Å². The number of carbonyl (C=O) groups is 1. The van der Waals surface area contributed by atoms with Crippen molar-refractivity contribution >= 4 is 23.4 Å². The Morgan fingerprint density at radius 3 is 2.55 bits per heavy atom. The molecule has 4 aromatic rings. The monoisotopic (exact) mass is 460 g/mol. The predicted octanol–water partition coefficient (Wildman–Crippen LogP) is 6.28. The van der Waals surface area contributed by atoms with Crippen LogP contribution in [0.2, 0.25) is 0 Å². The third kappa shape index (κ3) is 5.37. The molecule has 2 heterocycles. The fourth-order valence-electron chi connectivity index (χ4n) is 3.57. The molecular weight excluding hydrogens is 432 g/mol. The minimum absolute atomic E-state index is 0.0986. The summed E-state index contributed by atoms with van der Waals surface area (Å²) in [6.07, 6.45) is 1.63. The zero-order chi connectivity index (χ0) is 23.4. The molecule has 7 heteroatoms. The van der Waals surface area contributed by atoms with Crippen LogP contribution in [-0.2, 0) is 11.3 Å². The molecule has 4 rings (SSSR count). The highest BCUT2D eigenvalue weighted by Crippen LogP contribution is 2.37. The van der Waals surface area contributed by atoms with E-state index in [1.807, 2.05) is 79.1 Å². The fourth-order valence-corrected chi connectivity index (χ4v) is 4.61. The second-order valence-electron chi connectivity index (χ2n) is 8.50. The Labute approximate surface area is 198 Å². The summed E-state index contributed by atoms with van der Waals surface area (Å²) in [6, 6.07) is 19.5. The van der Waals surface area contributed by atoms with Crippen LogP contribution in [0, 0.1) is 19.8 Å². The van der Waals surface area contributed by atoms with Gasteiger partial charge >= 0.3 is 0 Å². The van der Waals surface area contributed by atoms with Crippen molar-refractivity contribution in [3.63, 3.8) is 0 Å². The minimum Gasteiger partial charge on any atom is -0.461 e. The first-order valence-corrected chi connectivity index (χ1v) is 11.9. The van der Waals surface area contributed by atoms with Gasteiger partial charge in [-0.15, -0.1) is 10.2 Å². The molecule has 1 N–H and O–H groups in total. The maximum atomic E-state index is 13.5. The number of furan rings is 1. The number of hydrogen-bond donors (Lipinski definition) is 1. The van der Waals surface area contributed by atoms with Gasteiger partial charge in [0.1, 0.15) is 5.25 Å². The number of benzene rings is 2. The lowest BCUT2D eigenvalue weighted by atomic mass is 10.1. The van der Waals surface area contributed by atoms with Gasteiger partial charge in [0.15, 0.2) is 16.7 Å². The molecular formula is C26H28N4O2S. The Morgan fingerprint density at radius 1 is 1.06 bits per heavy atom. The molecule has 1 unspecified atom stereocenters. The Hall–Kier alpha value is -3.32. The Kier molecular flexibility index (Phi) is 6.99. The molecule has 0 spiro atoms. The highest BCUT2D eigenvalue weighted by Gasteiger charge is 2.27. The molecule has 170 valence electrons. The minimum atomic E-state index is -0.495. The molecule has 0 saturated carbocycles. The second-order valence-corrected chi connectivity index (χ2v) is 9.58. The first-order valence-electron chi connectivity index (χ1n) is 11.0. The first-order chi connectivity index (χ1) is 15.9. The van der Waals surface area contributed by atoms with Gasteiger partial charge in [0.05, 0.1) is 6.26 Å². The summed E-state index contributed by atoms with van der Waals surface area (Å²) in [7, 11) is 0. The maximum Gasteiger partial charge on any atom is 0.242 e. The second kappa shape index (κ2) is 10.1. The first kappa shape index (κ1) is 22.9. The summed E-state index contributed by atoms with van der Waals surface area (Å²) in [4.78, 5) is 13.5. The average molecular weight is 461 g/mol. The van der Waals surface area contributed by atoms with E-state index in [1.165, 1.54) is 11.8 Å². The van der Waals surface area contributed by atoms with Crippen LogP contribution in [0.3, 0.4) is 0 Å². The van der Waals surface area contributed by atoms with Crippen LogP contribution >= 0.6 is 11.8 Å².